The molecule has 1 heterocycles. The summed E-state index contributed by atoms with van der Waals surface area (Å²) in [6, 6.07) is 5.74. The lowest BCUT2D eigenvalue weighted by Gasteiger charge is -2.28. The highest BCUT2D eigenvalue weighted by Gasteiger charge is 2.32. The van der Waals surface area contributed by atoms with E-state index >= 15 is 0 Å². The van der Waals surface area contributed by atoms with Gasteiger partial charge in [0.1, 0.15) is 0 Å². The van der Waals surface area contributed by atoms with Gasteiger partial charge in [-0.25, -0.2) is 0 Å². The highest BCUT2D eigenvalue weighted by Crippen LogP contribution is 2.29. The molecule has 0 aromatic heterocycles. The number of nitrogens with two attached hydrogens (primary N) is 1. The average Bonchev–Trinajstić information content (AvgIpc) is 2.50. The number of hydrogen-bond donors (Lipinski definition) is 2. The summed E-state index contributed by atoms with van der Waals surface area (Å²) in [6.45, 7) is 2.73. The number of para-hydroxylation sites is 2. The monoisotopic (exact) mass is 472 g/mol. The third-order valence-electron chi connectivity index (χ3n) is 4.03. The molecule has 0 radical (unpaired) electrons. The van der Waals surface area contributed by atoms with E-state index in [1.807, 2.05) is 0 Å². The summed E-state index contributed by atoms with van der Waals surface area (Å²) in [7, 11) is 2.11. The van der Waals surface area contributed by atoms with Crippen LogP contribution in [0.4, 0.5) is 18.9 Å². The number of aliphatic imine (C=N–C) groups is 1. The lowest BCUT2D eigenvalue weighted by Crippen LogP contribution is -2.30. The van der Waals surface area contributed by atoms with Crippen LogP contribution in [0.25, 0.3) is 0 Å². The first-order chi connectivity index (χ1) is 11.3. The minimum absolute atomic E-state index is 0. The molecule has 0 spiro atoms. The Hall–Kier alpha value is -1.23. The van der Waals surface area contributed by atoms with Crippen LogP contribution >= 0.6 is 24.0 Å². The van der Waals surface area contributed by atoms with Crippen molar-refractivity contribution in [2.75, 3.05) is 32.0 Å². The fourth-order valence-electron chi connectivity index (χ4n) is 2.68. The number of guanidine groups is 1. The number of alkyl halides is 3. The molecule has 2 rings (SSSR count). The zero-order valence-electron chi connectivity index (χ0n) is 14.1. The average molecular weight is 472 g/mol. The fourth-order valence-corrected chi connectivity index (χ4v) is 2.68. The smallest absolute Gasteiger partial charge is 0.404 e. The van der Waals surface area contributed by atoms with Gasteiger partial charge in [0, 0.05) is 6.54 Å². The lowest BCUT2D eigenvalue weighted by molar-refractivity contribution is -0.274. The SMILES string of the molecule is CN1CCC(CCN=C(N)Nc2ccccc2OC(F)(F)F)CC1.I. The topological polar surface area (TPSA) is 62.9 Å². The first-order valence-corrected chi connectivity index (χ1v) is 7.94. The molecule has 1 aromatic rings. The number of hydrogen-bond acceptors (Lipinski definition) is 3. The highest BCUT2D eigenvalue weighted by atomic mass is 127. The van der Waals surface area contributed by atoms with Crippen molar-refractivity contribution in [1.29, 1.82) is 0 Å². The van der Waals surface area contributed by atoms with Crippen molar-refractivity contribution < 1.29 is 17.9 Å². The minimum atomic E-state index is -4.75. The van der Waals surface area contributed by atoms with Gasteiger partial charge in [-0.3, -0.25) is 4.99 Å². The van der Waals surface area contributed by atoms with Crippen molar-refractivity contribution in [2.45, 2.75) is 25.6 Å². The second kappa shape index (κ2) is 10.0. The molecule has 3 N–H and O–H groups in total. The molecular formula is C16H24F3IN4O. The minimum Gasteiger partial charge on any atom is -0.404 e. The molecule has 1 aliphatic heterocycles. The van der Waals surface area contributed by atoms with Gasteiger partial charge in [0.25, 0.3) is 0 Å². The van der Waals surface area contributed by atoms with Crippen LogP contribution in [0.1, 0.15) is 19.3 Å². The van der Waals surface area contributed by atoms with E-state index in [9.17, 15) is 13.2 Å². The van der Waals surface area contributed by atoms with Crippen LogP contribution in [-0.2, 0) is 0 Å². The van der Waals surface area contributed by atoms with Crippen molar-refractivity contribution in [3.63, 3.8) is 0 Å². The molecule has 1 aromatic carbocycles. The van der Waals surface area contributed by atoms with Gasteiger partial charge in [0.15, 0.2) is 11.7 Å². The molecule has 0 amide bonds. The predicted molar refractivity (Wildman–Crippen MR) is 103 cm³/mol. The van der Waals surface area contributed by atoms with Crippen molar-refractivity contribution in [3.8, 4) is 5.75 Å². The Bertz CT molecular complexity index is 561. The summed E-state index contributed by atoms with van der Waals surface area (Å²) in [6.07, 6.45) is -1.54. The van der Waals surface area contributed by atoms with Gasteiger partial charge in [0.05, 0.1) is 5.69 Å². The molecule has 0 saturated carbocycles. The normalized spacial score (nSPS) is 17.0. The number of ether oxygens (including phenoxy) is 1. The molecule has 0 bridgehead atoms. The van der Waals surface area contributed by atoms with Gasteiger partial charge in [-0.2, -0.15) is 0 Å². The molecular weight excluding hydrogens is 448 g/mol. The summed E-state index contributed by atoms with van der Waals surface area (Å²) >= 11 is 0. The van der Waals surface area contributed by atoms with Crippen LogP contribution in [0, 0.1) is 5.92 Å². The molecule has 0 aliphatic carbocycles. The maximum Gasteiger partial charge on any atom is 0.573 e. The molecule has 1 aliphatic rings. The van der Waals surface area contributed by atoms with Crippen LogP contribution < -0.4 is 15.8 Å². The van der Waals surface area contributed by atoms with Gasteiger partial charge >= 0.3 is 6.36 Å². The van der Waals surface area contributed by atoms with Gasteiger partial charge in [-0.1, -0.05) is 12.1 Å². The Morgan fingerprint density at radius 2 is 1.96 bits per heavy atom. The molecule has 1 fully saturated rings. The molecule has 0 atom stereocenters. The molecule has 25 heavy (non-hydrogen) atoms. The third kappa shape index (κ3) is 8.13. The summed E-state index contributed by atoms with van der Waals surface area (Å²) in [5, 5.41) is 2.67. The number of likely N-dealkylation sites (tertiary alicyclic amines) is 1. The number of halogens is 4. The second-order valence-corrected chi connectivity index (χ2v) is 5.97. The van der Waals surface area contributed by atoms with Crippen molar-refractivity contribution in [2.24, 2.45) is 16.6 Å². The number of piperidine rings is 1. The van der Waals surface area contributed by atoms with Crippen LogP contribution in [0.5, 0.6) is 5.75 Å². The van der Waals surface area contributed by atoms with Gasteiger partial charge in [-0.15, -0.1) is 37.1 Å². The van der Waals surface area contributed by atoms with Gasteiger partial charge < -0.3 is 20.7 Å². The van der Waals surface area contributed by atoms with E-state index in [0.29, 0.717) is 12.5 Å². The van der Waals surface area contributed by atoms with E-state index in [-0.39, 0.29) is 41.4 Å². The van der Waals surface area contributed by atoms with Crippen LogP contribution in [0.2, 0.25) is 0 Å². The van der Waals surface area contributed by atoms with E-state index < -0.39 is 6.36 Å². The maximum atomic E-state index is 12.4. The Morgan fingerprint density at radius 1 is 1.32 bits per heavy atom. The quantitative estimate of drug-likeness (QED) is 0.390. The molecule has 0 unspecified atom stereocenters. The van der Waals surface area contributed by atoms with E-state index in [1.165, 1.54) is 18.2 Å². The Kier molecular flexibility index (Phi) is 8.77. The van der Waals surface area contributed by atoms with Crippen molar-refractivity contribution in [3.05, 3.63) is 24.3 Å². The molecule has 9 heteroatoms. The zero-order chi connectivity index (χ0) is 17.6. The Balaban J connectivity index is 0.00000312. The predicted octanol–water partition coefficient (Wildman–Crippen LogP) is 3.66. The zero-order valence-corrected chi connectivity index (χ0v) is 16.4. The molecule has 1 saturated heterocycles. The lowest BCUT2D eigenvalue weighted by atomic mass is 9.94. The van der Waals surface area contributed by atoms with Crippen LogP contribution in [0.15, 0.2) is 29.3 Å². The standard InChI is InChI=1S/C16H23F3N4O.HI/c1-23-10-7-12(8-11-23)6-9-21-15(20)22-13-4-2-3-5-14(13)24-16(17,18)19;/h2-5,12H,6-11H2,1H3,(H3,20,21,22);1H. The Labute approximate surface area is 162 Å². The molecule has 142 valence electrons. The van der Waals surface area contributed by atoms with Gasteiger partial charge in [-0.05, 0) is 57.5 Å². The third-order valence-corrected chi connectivity index (χ3v) is 4.03. The molecule has 5 nitrogen and oxygen atoms in total. The van der Waals surface area contributed by atoms with Crippen LogP contribution in [0.3, 0.4) is 0 Å². The summed E-state index contributed by atoms with van der Waals surface area (Å²) in [5.74, 6) is 0.373. The fraction of sp³-hybridized carbons (Fsp3) is 0.562. The van der Waals surface area contributed by atoms with E-state index in [2.05, 4.69) is 27.0 Å². The van der Waals surface area contributed by atoms with E-state index in [0.717, 1.165) is 32.4 Å². The van der Waals surface area contributed by atoms with E-state index in [4.69, 9.17) is 5.73 Å². The number of nitrogens with zero attached hydrogens (tertiary/aromatic N) is 2. The largest absolute Gasteiger partial charge is 0.573 e. The van der Waals surface area contributed by atoms with E-state index in [1.54, 1.807) is 6.07 Å². The van der Waals surface area contributed by atoms with Crippen molar-refractivity contribution >= 4 is 35.6 Å². The van der Waals surface area contributed by atoms with Crippen LogP contribution in [-0.4, -0.2) is 43.9 Å². The van der Waals surface area contributed by atoms with Crippen molar-refractivity contribution in [1.82, 2.24) is 4.90 Å². The first kappa shape index (κ1) is 21.8. The summed E-state index contributed by atoms with van der Waals surface area (Å²) in [4.78, 5) is 6.50. The highest BCUT2D eigenvalue weighted by molar-refractivity contribution is 14.0. The summed E-state index contributed by atoms with van der Waals surface area (Å²) in [5.41, 5.74) is 5.90. The Morgan fingerprint density at radius 3 is 2.60 bits per heavy atom. The van der Waals surface area contributed by atoms with Gasteiger partial charge in [0.2, 0.25) is 0 Å². The second-order valence-electron chi connectivity index (χ2n) is 5.97. The number of benzene rings is 1. The number of anilines is 1. The maximum absolute atomic E-state index is 12.4. The number of rotatable bonds is 5. The first-order valence-electron chi connectivity index (χ1n) is 7.94. The summed E-state index contributed by atoms with van der Waals surface area (Å²) < 4.78 is 41.1. The number of nitrogens with one attached hydrogen (secondary N) is 1.